The van der Waals surface area contributed by atoms with Gasteiger partial charge < -0.3 is 41.2 Å². The second-order valence-corrected chi connectivity index (χ2v) is 14.4. The van der Waals surface area contributed by atoms with Crippen LogP contribution in [0.2, 0.25) is 0 Å². The predicted octanol–water partition coefficient (Wildman–Crippen LogP) is 4.33. The molecule has 0 bridgehead atoms. The molecule has 14 nitrogen and oxygen atoms in total. The monoisotopic (exact) mass is 753 g/mol. The third kappa shape index (κ3) is 20.9. The van der Waals surface area contributed by atoms with E-state index in [9.17, 15) is 28.8 Å². The number of amides is 4. The molecule has 2 rings (SSSR count). The topological polar surface area (TPSA) is 204 Å². The quantitative estimate of drug-likeness (QED) is 0.0617. The lowest BCUT2D eigenvalue weighted by Crippen LogP contribution is -2.49. The van der Waals surface area contributed by atoms with Crippen molar-refractivity contribution in [2.75, 3.05) is 6.54 Å². The third-order valence-corrected chi connectivity index (χ3v) is 8.08. The number of rotatable bonds is 23. The van der Waals surface area contributed by atoms with Crippen molar-refractivity contribution in [2.24, 2.45) is 5.73 Å². The molecule has 0 saturated heterocycles. The predicted molar refractivity (Wildman–Crippen MR) is 203 cm³/mol. The van der Waals surface area contributed by atoms with Crippen LogP contribution in [0.5, 0.6) is 0 Å². The lowest BCUT2D eigenvalue weighted by Gasteiger charge is -2.22. The number of nitrogens with two attached hydrogens (primary N) is 1. The van der Waals surface area contributed by atoms with Gasteiger partial charge in [-0.3, -0.25) is 24.0 Å². The van der Waals surface area contributed by atoms with Gasteiger partial charge in [0.1, 0.15) is 24.9 Å². The van der Waals surface area contributed by atoms with Crippen molar-refractivity contribution >= 4 is 35.8 Å². The standard InChI is InChI=1S/C40H59N5O9/c1-28(43-37(49)32(41)18-12-13-25-42-39(51)54-40(3,4)5)19-22-34(46)45-33(21-24-36(48)53-27-31-16-10-7-11-17-31)38(50)44-29(2)20-23-35(47)52-26-30-14-8-6-9-15-30/h6-11,14-17,28-29,32-33H,12-13,18-27,41H2,1-5H3,(H,42,51)(H,43,49)(H,44,50)(H,45,46). The van der Waals surface area contributed by atoms with Gasteiger partial charge in [0.25, 0.3) is 0 Å². The number of esters is 2. The molecule has 4 unspecified atom stereocenters. The Bertz CT molecular complexity index is 1470. The Balaban J connectivity index is 1.82. The Kier molecular flexibility index (Phi) is 20.4. The molecule has 54 heavy (non-hydrogen) atoms. The summed E-state index contributed by atoms with van der Waals surface area (Å²) < 4.78 is 15.9. The molecule has 14 heteroatoms. The Morgan fingerprint density at radius 1 is 0.648 bits per heavy atom. The Morgan fingerprint density at radius 2 is 1.15 bits per heavy atom. The van der Waals surface area contributed by atoms with Crippen LogP contribution in [0.15, 0.2) is 60.7 Å². The van der Waals surface area contributed by atoms with Crippen molar-refractivity contribution in [2.45, 2.75) is 135 Å². The van der Waals surface area contributed by atoms with Crippen LogP contribution < -0.4 is 27.0 Å². The molecule has 0 aromatic heterocycles. The molecule has 0 aliphatic carbocycles. The van der Waals surface area contributed by atoms with Gasteiger partial charge in [-0.15, -0.1) is 0 Å². The highest BCUT2D eigenvalue weighted by atomic mass is 16.6. The third-order valence-electron chi connectivity index (χ3n) is 8.08. The van der Waals surface area contributed by atoms with Crippen LogP contribution in [-0.2, 0) is 51.4 Å². The molecule has 298 valence electrons. The van der Waals surface area contributed by atoms with Crippen LogP contribution in [0.4, 0.5) is 4.79 Å². The summed E-state index contributed by atoms with van der Waals surface area (Å²) in [5, 5.41) is 11.0. The number of ether oxygens (including phenoxy) is 3. The molecule has 4 atom stereocenters. The van der Waals surface area contributed by atoms with Crippen molar-refractivity contribution in [3.8, 4) is 0 Å². The summed E-state index contributed by atoms with van der Waals surface area (Å²) in [5.41, 5.74) is 7.17. The zero-order valence-corrected chi connectivity index (χ0v) is 32.3. The fourth-order valence-electron chi connectivity index (χ4n) is 5.06. The highest BCUT2D eigenvalue weighted by molar-refractivity contribution is 5.88. The Labute approximate surface area is 319 Å². The van der Waals surface area contributed by atoms with E-state index in [1.54, 1.807) is 34.6 Å². The van der Waals surface area contributed by atoms with E-state index in [2.05, 4.69) is 21.3 Å². The number of carbonyl (C=O) groups excluding carboxylic acids is 6. The number of benzene rings is 2. The number of hydrogen-bond donors (Lipinski definition) is 5. The van der Waals surface area contributed by atoms with Crippen LogP contribution in [0.25, 0.3) is 0 Å². The lowest BCUT2D eigenvalue weighted by molar-refractivity contribution is -0.146. The second kappa shape index (κ2) is 24.4. The fraction of sp³-hybridized carbons (Fsp3) is 0.550. The zero-order chi connectivity index (χ0) is 39.9. The molecule has 0 aliphatic heterocycles. The Morgan fingerprint density at radius 3 is 1.69 bits per heavy atom. The van der Waals surface area contributed by atoms with E-state index >= 15 is 0 Å². The average molecular weight is 754 g/mol. The normalized spacial score (nSPS) is 13.3. The smallest absolute Gasteiger partial charge is 0.407 e. The maximum Gasteiger partial charge on any atom is 0.407 e. The lowest BCUT2D eigenvalue weighted by atomic mass is 10.1. The molecular weight excluding hydrogens is 694 g/mol. The van der Waals surface area contributed by atoms with E-state index in [4.69, 9.17) is 19.9 Å². The molecule has 2 aromatic carbocycles. The molecule has 0 saturated carbocycles. The van der Waals surface area contributed by atoms with Crippen molar-refractivity contribution in [3.05, 3.63) is 71.8 Å². The number of nitrogens with one attached hydrogen (secondary N) is 4. The molecule has 0 fully saturated rings. The van der Waals surface area contributed by atoms with Crippen LogP contribution in [0.1, 0.15) is 104 Å². The van der Waals surface area contributed by atoms with Gasteiger partial charge in [0.05, 0.1) is 6.04 Å². The van der Waals surface area contributed by atoms with Crippen LogP contribution in [-0.4, -0.2) is 72.1 Å². The Hall–Kier alpha value is -4.98. The van der Waals surface area contributed by atoms with Gasteiger partial charge in [0.2, 0.25) is 17.7 Å². The van der Waals surface area contributed by atoms with Gasteiger partial charge in [0, 0.05) is 37.9 Å². The molecular formula is C40H59N5O9. The van der Waals surface area contributed by atoms with E-state index in [-0.39, 0.29) is 57.3 Å². The summed E-state index contributed by atoms with van der Waals surface area (Å²) in [5.74, 6) is -2.22. The SMILES string of the molecule is CC(CCC(=O)NC(CCC(=O)OCc1ccccc1)C(=O)NC(C)CCC(=O)OCc1ccccc1)NC(=O)C(N)CCCCNC(=O)OC(C)(C)C. The molecule has 4 amide bonds. The number of alkyl carbamates (subject to hydrolysis) is 1. The summed E-state index contributed by atoms with van der Waals surface area (Å²) in [6.45, 7) is 9.47. The first-order valence-corrected chi connectivity index (χ1v) is 18.6. The highest BCUT2D eigenvalue weighted by Crippen LogP contribution is 2.10. The first-order chi connectivity index (χ1) is 25.6. The van der Waals surface area contributed by atoms with E-state index in [1.165, 1.54) is 0 Å². The minimum Gasteiger partial charge on any atom is -0.461 e. The summed E-state index contributed by atoms with van der Waals surface area (Å²) in [6, 6.07) is 15.9. The van der Waals surface area contributed by atoms with Gasteiger partial charge in [0.15, 0.2) is 0 Å². The number of hydrogen-bond acceptors (Lipinski definition) is 10. The summed E-state index contributed by atoms with van der Waals surface area (Å²) in [4.78, 5) is 75.6. The number of carbonyl (C=O) groups is 6. The van der Waals surface area contributed by atoms with Crippen LogP contribution in [0.3, 0.4) is 0 Å². The largest absolute Gasteiger partial charge is 0.461 e. The molecule has 6 N–H and O–H groups in total. The van der Waals surface area contributed by atoms with Gasteiger partial charge in [-0.25, -0.2) is 4.79 Å². The van der Waals surface area contributed by atoms with E-state index in [0.29, 0.717) is 32.2 Å². The number of unbranched alkanes of at least 4 members (excludes halogenated alkanes) is 1. The fourth-order valence-corrected chi connectivity index (χ4v) is 5.06. The van der Waals surface area contributed by atoms with Crippen molar-refractivity contribution in [3.63, 3.8) is 0 Å². The molecule has 0 spiro atoms. The first kappa shape index (κ1) is 45.2. The van der Waals surface area contributed by atoms with E-state index < -0.39 is 53.6 Å². The maximum atomic E-state index is 13.3. The van der Waals surface area contributed by atoms with Crippen LogP contribution in [0, 0.1) is 0 Å². The molecule has 0 heterocycles. The molecule has 2 aromatic rings. The van der Waals surface area contributed by atoms with E-state index in [1.807, 2.05) is 60.7 Å². The summed E-state index contributed by atoms with van der Waals surface area (Å²) >= 11 is 0. The first-order valence-electron chi connectivity index (χ1n) is 18.6. The average Bonchev–Trinajstić information content (AvgIpc) is 3.12. The summed E-state index contributed by atoms with van der Waals surface area (Å²) in [7, 11) is 0. The van der Waals surface area contributed by atoms with Gasteiger partial charge in [-0.1, -0.05) is 60.7 Å². The highest BCUT2D eigenvalue weighted by Gasteiger charge is 2.25. The molecule has 0 radical (unpaired) electrons. The van der Waals surface area contributed by atoms with E-state index in [0.717, 1.165) is 11.1 Å². The van der Waals surface area contributed by atoms with Crippen LogP contribution >= 0.6 is 0 Å². The van der Waals surface area contributed by atoms with Gasteiger partial charge in [-0.05, 0) is 84.3 Å². The minimum atomic E-state index is -1.04. The van der Waals surface area contributed by atoms with Crippen molar-refractivity contribution < 1.29 is 43.0 Å². The maximum absolute atomic E-state index is 13.3. The second-order valence-electron chi connectivity index (χ2n) is 14.4. The molecule has 0 aliphatic rings. The summed E-state index contributed by atoms with van der Waals surface area (Å²) in [6.07, 6.45) is 1.68. The van der Waals surface area contributed by atoms with Gasteiger partial charge >= 0.3 is 18.0 Å². The minimum absolute atomic E-state index is 0.00192. The van der Waals surface area contributed by atoms with Crippen molar-refractivity contribution in [1.82, 2.24) is 21.3 Å². The van der Waals surface area contributed by atoms with Crippen molar-refractivity contribution in [1.29, 1.82) is 0 Å². The van der Waals surface area contributed by atoms with Gasteiger partial charge in [-0.2, -0.15) is 0 Å². The zero-order valence-electron chi connectivity index (χ0n) is 32.3.